The number of rotatable bonds is 3. The van der Waals surface area contributed by atoms with Crippen molar-refractivity contribution in [2.24, 2.45) is 11.8 Å². The molecule has 0 amide bonds. The van der Waals surface area contributed by atoms with Crippen LogP contribution in [0, 0.1) is 11.8 Å². The molecule has 0 saturated carbocycles. The summed E-state index contributed by atoms with van der Waals surface area (Å²) in [6, 6.07) is 0.126. The minimum absolute atomic E-state index is 0.126. The first-order valence-corrected chi connectivity index (χ1v) is 8.71. The van der Waals surface area contributed by atoms with Crippen LogP contribution in [0.15, 0.2) is 0 Å². The maximum absolute atomic E-state index is 12.6. The molecule has 2 aliphatic rings. The molecule has 0 N–H and O–H groups in total. The van der Waals surface area contributed by atoms with Gasteiger partial charge in [0.1, 0.15) is 0 Å². The zero-order valence-electron chi connectivity index (χ0n) is 11.2. The first kappa shape index (κ1) is 14.6. The fourth-order valence-corrected chi connectivity index (χ4v) is 5.39. The van der Waals surface area contributed by atoms with E-state index in [0.717, 1.165) is 19.3 Å². The van der Waals surface area contributed by atoms with Gasteiger partial charge in [-0.15, -0.1) is 11.6 Å². The normalized spacial score (nSPS) is 36.1. The number of nitrogens with zero attached hydrogens (tertiary/aromatic N) is 2. The van der Waals surface area contributed by atoms with Crippen LogP contribution in [0.5, 0.6) is 0 Å². The summed E-state index contributed by atoms with van der Waals surface area (Å²) in [5.74, 6) is 1.33. The Morgan fingerprint density at radius 2 is 2.00 bits per heavy atom. The highest BCUT2D eigenvalue weighted by Gasteiger charge is 2.40. The Labute approximate surface area is 115 Å². The van der Waals surface area contributed by atoms with Crippen molar-refractivity contribution in [1.82, 2.24) is 8.61 Å². The van der Waals surface area contributed by atoms with Gasteiger partial charge in [0, 0.05) is 31.6 Å². The maximum Gasteiger partial charge on any atom is 0.282 e. The van der Waals surface area contributed by atoms with E-state index in [1.807, 2.05) is 6.92 Å². The average molecular weight is 295 g/mol. The summed E-state index contributed by atoms with van der Waals surface area (Å²) in [7, 11) is -3.28. The van der Waals surface area contributed by atoms with Crippen molar-refractivity contribution in [3.63, 3.8) is 0 Å². The van der Waals surface area contributed by atoms with E-state index in [-0.39, 0.29) is 6.04 Å². The van der Waals surface area contributed by atoms with E-state index in [1.54, 1.807) is 8.61 Å². The Bertz CT molecular complexity index is 388. The van der Waals surface area contributed by atoms with Crippen molar-refractivity contribution < 1.29 is 8.42 Å². The molecule has 0 radical (unpaired) electrons. The minimum atomic E-state index is -3.28. The highest BCUT2D eigenvalue weighted by atomic mass is 35.5. The van der Waals surface area contributed by atoms with Crippen molar-refractivity contribution in [3.05, 3.63) is 0 Å². The lowest BCUT2D eigenvalue weighted by Gasteiger charge is -2.35. The molecule has 6 heteroatoms. The molecule has 0 aliphatic carbocycles. The van der Waals surface area contributed by atoms with Gasteiger partial charge >= 0.3 is 0 Å². The van der Waals surface area contributed by atoms with Gasteiger partial charge in [-0.2, -0.15) is 17.0 Å². The molecule has 4 nitrogen and oxygen atoms in total. The Balaban J connectivity index is 2.10. The van der Waals surface area contributed by atoms with Crippen LogP contribution in [0.2, 0.25) is 0 Å². The molecule has 0 aromatic rings. The lowest BCUT2D eigenvalue weighted by atomic mass is 10.0. The highest BCUT2D eigenvalue weighted by molar-refractivity contribution is 7.86. The monoisotopic (exact) mass is 294 g/mol. The maximum atomic E-state index is 12.6. The molecule has 0 bridgehead atoms. The molecule has 0 spiro atoms. The molecule has 2 heterocycles. The van der Waals surface area contributed by atoms with E-state index in [1.165, 1.54) is 0 Å². The van der Waals surface area contributed by atoms with Gasteiger partial charge in [-0.1, -0.05) is 6.92 Å². The van der Waals surface area contributed by atoms with Crippen LogP contribution in [-0.4, -0.2) is 48.6 Å². The number of hydrogen-bond acceptors (Lipinski definition) is 2. The second-order valence-corrected chi connectivity index (χ2v) is 7.98. The van der Waals surface area contributed by atoms with E-state index in [9.17, 15) is 8.42 Å². The van der Waals surface area contributed by atoms with Gasteiger partial charge in [0.2, 0.25) is 0 Å². The molecule has 3 atom stereocenters. The number of piperidine rings is 1. The van der Waals surface area contributed by atoms with Crippen molar-refractivity contribution >= 4 is 21.8 Å². The molecular weight excluding hydrogens is 272 g/mol. The van der Waals surface area contributed by atoms with Crippen molar-refractivity contribution in [2.75, 3.05) is 25.5 Å². The second kappa shape index (κ2) is 5.65. The SMILES string of the molecule is CC1CC(C)N(S(=O)(=O)N2CCCC(CCl)C2)C1. The number of hydrogen-bond donors (Lipinski definition) is 0. The van der Waals surface area contributed by atoms with E-state index in [0.29, 0.717) is 37.4 Å². The minimum Gasteiger partial charge on any atom is -0.195 e. The van der Waals surface area contributed by atoms with Crippen molar-refractivity contribution in [3.8, 4) is 0 Å². The van der Waals surface area contributed by atoms with E-state index >= 15 is 0 Å². The summed E-state index contributed by atoms with van der Waals surface area (Å²) >= 11 is 5.87. The third-order valence-electron chi connectivity index (χ3n) is 4.05. The summed E-state index contributed by atoms with van der Waals surface area (Å²) in [5.41, 5.74) is 0. The summed E-state index contributed by atoms with van der Waals surface area (Å²) < 4.78 is 28.5. The predicted octanol–water partition coefficient (Wildman–Crippen LogP) is 1.91. The topological polar surface area (TPSA) is 40.6 Å². The first-order chi connectivity index (χ1) is 8.45. The quantitative estimate of drug-likeness (QED) is 0.746. The highest BCUT2D eigenvalue weighted by Crippen LogP contribution is 2.29. The Morgan fingerprint density at radius 1 is 1.28 bits per heavy atom. The summed E-state index contributed by atoms with van der Waals surface area (Å²) in [6.07, 6.45) is 2.93. The van der Waals surface area contributed by atoms with E-state index in [2.05, 4.69) is 6.92 Å². The standard InChI is InChI=1S/C12H23ClN2O2S/c1-10-6-11(2)15(8-10)18(16,17)14-5-3-4-12(7-13)9-14/h10-12H,3-9H2,1-2H3. The van der Waals surface area contributed by atoms with Crippen LogP contribution in [0.1, 0.15) is 33.1 Å². The van der Waals surface area contributed by atoms with Crippen molar-refractivity contribution in [2.45, 2.75) is 39.2 Å². The summed E-state index contributed by atoms with van der Waals surface area (Å²) in [4.78, 5) is 0. The molecule has 18 heavy (non-hydrogen) atoms. The van der Waals surface area contributed by atoms with Gasteiger partial charge in [-0.3, -0.25) is 0 Å². The van der Waals surface area contributed by atoms with Gasteiger partial charge < -0.3 is 0 Å². The average Bonchev–Trinajstić information content (AvgIpc) is 2.69. The van der Waals surface area contributed by atoms with Crippen LogP contribution in [0.25, 0.3) is 0 Å². The zero-order valence-corrected chi connectivity index (χ0v) is 12.8. The van der Waals surface area contributed by atoms with Crippen LogP contribution >= 0.6 is 11.6 Å². The molecule has 0 aromatic carbocycles. The summed E-state index contributed by atoms with van der Waals surface area (Å²) in [6.45, 7) is 6.01. The summed E-state index contributed by atoms with van der Waals surface area (Å²) in [5, 5.41) is 0. The van der Waals surface area contributed by atoms with Gasteiger partial charge in [0.15, 0.2) is 0 Å². The Hall–Kier alpha value is 0.160. The second-order valence-electron chi connectivity index (χ2n) is 5.79. The van der Waals surface area contributed by atoms with Gasteiger partial charge in [-0.05, 0) is 38.0 Å². The lowest BCUT2D eigenvalue weighted by molar-refractivity contribution is 0.257. The van der Waals surface area contributed by atoms with Gasteiger partial charge in [0.05, 0.1) is 0 Å². The third kappa shape index (κ3) is 2.84. The molecule has 2 aliphatic heterocycles. The third-order valence-corrected chi connectivity index (χ3v) is 6.57. The smallest absolute Gasteiger partial charge is 0.195 e. The van der Waals surface area contributed by atoms with E-state index < -0.39 is 10.2 Å². The van der Waals surface area contributed by atoms with Gasteiger partial charge in [-0.25, -0.2) is 0 Å². The lowest BCUT2D eigenvalue weighted by Crippen LogP contribution is -2.49. The number of halogens is 1. The van der Waals surface area contributed by atoms with Crippen LogP contribution in [0.4, 0.5) is 0 Å². The fraction of sp³-hybridized carbons (Fsp3) is 1.00. The van der Waals surface area contributed by atoms with Crippen molar-refractivity contribution in [1.29, 1.82) is 0 Å². The molecule has 3 unspecified atom stereocenters. The van der Waals surface area contributed by atoms with Crippen LogP contribution in [-0.2, 0) is 10.2 Å². The first-order valence-electron chi connectivity index (χ1n) is 6.78. The largest absolute Gasteiger partial charge is 0.282 e. The molecule has 0 aromatic heterocycles. The zero-order chi connectivity index (χ0) is 13.3. The molecule has 2 saturated heterocycles. The fourth-order valence-electron chi connectivity index (χ4n) is 3.09. The van der Waals surface area contributed by atoms with Crippen LogP contribution < -0.4 is 0 Å². The Kier molecular flexibility index (Phi) is 4.57. The molecule has 106 valence electrons. The predicted molar refractivity (Wildman–Crippen MR) is 73.9 cm³/mol. The Morgan fingerprint density at radius 3 is 2.56 bits per heavy atom. The van der Waals surface area contributed by atoms with E-state index in [4.69, 9.17) is 11.6 Å². The van der Waals surface area contributed by atoms with Gasteiger partial charge in [0.25, 0.3) is 10.2 Å². The molecule has 2 fully saturated rings. The van der Waals surface area contributed by atoms with Crippen LogP contribution in [0.3, 0.4) is 0 Å². The number of alkyl halides is 1. The molecular formula is C12H23ClN2O2S. The molecule has 2 rings (SSSR count).